The van der Waals surface area contributed by atoms with E-state index in [9.17, 15) is 9.59 Å². The molecule has 1 heterocycles. The number of carboxylic acid groups (broad SMARTS) is 1. The number of carboxylic acids is 1. The maximum absolute atomic E-state index is 10.4. The zero-order valence-corrected chi connectivity index (χ0v) is 5.76. The average Bonchev–Trinajstić information content (AvgIpc) is 2.14. The van der Waals surface area contributed by atoms with E-state index in [2.05, 4.69) is 5.32 Å². The lowest BCUT2D eigenvalue weighted by molar-refractivity contribution is -0.140. The Kier molecular flexibility index (Phi) is 5.29. The summed E-state index contributed by atoms with van der Waals surface area (Å²) in [4.78, 5) is 20.5. The molecule has 0 aromatic rings. The second-order valence-electron chi connectivity index (χ2n) is 2.00. The summed E-state index contributed by atoms with van der Waals surface area (Å²) in [5.74, 6) is -1.11. The number of aliphatic carboxylic acids is 1. The fourth-order valence-corrected chi connectivity index (χ4v) is 0.799. The van der Waals surface area contributed by atoms with Crippen LogP contribution >= 0.6 is 0 Å². The molecule has 1 atom stereocenters. The number of carbonyl (C=O) groups is 2. The first kappa shape index (κ1) is 12.5. The molecule has 1 rings (SSSR count). The van der Waals surface area contributed by atoms with E-state index in [1.54, 1.807) is 0 Å². The van der Waals surface area contributed by atoms with Gasteiger partial charge in [0, 0.05) is 6.42 Å². The fraction of sp³-hybridized carbons (Fsp3) is 0.600. The first-order valence-electron chi connectivity index (χ1n) is 2.72. The molecule has 66 valence electrons. The molecule has 0 aromatic heterocycles. The zero-order chi connectivity index (χ0) is 6.85. The third-order valence-electron chi connectivity index (χ3n) is 1.29. The Balaban J connectivity index is 0. The van der Waals surface area contributed by atoms with Crippen molar-refractivity contribution in [3.05, 3.63) is 0 Å². The van der Waals surface area contributed by atoms with Crippen LogP contribution in [0.5, 0.6) is 0 Å². The van der Waals surface area contributed by atoms with Gasteiger partial charge in [0.1, 0.15) is 6.04 Å². The molecule has 6 nitrogen and oxygen atoms in total. The van der Waals surface area contributed by atoms with Crippen LogP contribution in [-0.2, 0) is 9.59 Å². The highest BCUT2D eigenvalue weighted by Crippen LogP contribution is 2.05. The summed E-state index contributed by atoms with van der Waals surface area (Å²) in [6.07, 6.45) is 0.769. The van der Waals surface area contributed by atoms with Crippen LogP contribution in [0, 0.1) is 0 Å². The first-order chi connectivity index (χ1) is 4.20. The third-order valence-corrected chi connectivity index (χ3v) is 1.29. The molecule has 0 radical (unpaired) electrons. The number of carbonyl (C=O) groups excluding carboxylic acids is 1. The summed E-state index contributed by atoms with van der Waals surface area (Å²) in [6, 6.07) is -0.641. The standard InChI is InChI=1S/C5H7NO3.2H2O/c7-4-2-1-3(6-4)5(8)9;;/h3H,1-2H2,(H,6,7)(H,8,9);2*1H2. The molecule has 0 saturated carbocycles. The van der Waals surface area contributed by atoms with E-state index in [0.717, 1.165) is 0 Å². The molecule has 1 amide bonds. The first-order valence-corrected chi connectivity index (χ1v) is 2.72. The monoisotopic (exact) mass is 165 g/mol. The smallest absolute Gasteiger partial charge is 0.326 e. The van der Waals surface area contributed by atoms with Gasteiger partial charge in [-0.3, -0.25) is 4.79 Å². The second-order valence-corrected chi connectivity index (χ2v) is 2.00. The van der Waals surface area contributed by atoms with E-state index in [1.807, 2.05) is 0 Å². The number of amides is 1. The molecule has 0 aliphatic carbocycles. The molecule has 1 saturated heterocycles. The summed E-state index contributed by atoms with van der Waals surface area (Å²) in [5.41, 5.74) is 0. The maximum atomic E-state index is 10.4. The van der Waals surface area contributed by atoms with Crippen molar-refractivity contribution in [2.75, 3.05) is 0 Å². The Labute approximate surface area is 62.8 Å². The molecule has 6 N–H and O–H groups in total. The highest BCUT2D eigenvalue weighted by atomic mass is 16.4. The number of rotatable bonds is 1. The molecule has 11 heavy (non-hydrogen) atoms. The van der Waals surface area contributed by atoms with Crippen molar-refractivity contribution in [3.63, 3.8) is 0 Å². The van der Waals surface area contributed by atoms with Gasteiger partial charge in [-0.25, -0.2) is 4.79 Å². The van der Waals surface area contributed by atoms with E-state index in [4.69, 9.17) is 5.11 Å². The Morgan fingerprint density at radius 1 is 1.55 bits per heavy atom. The highest BCUT2D eigenvalue weighted by molar-refractivity contribution is 5.87. The van der Waals surface area contributed by atoms with Gasteiger partial charge in [0.25, 0.3) is 0 Å². The third kappa shape index (κ3) is 2.96. The Hall–Kier alpha value is -1.14. The summed E-state index contributed by atoms with van der Waals surface area (Å²) in [7, 11) is 0. The molecule has 1 fully saturated rings. The molecule has 1 aliphatic heterocycles. The van der Waals surface area contributed by atoms with Crippen LogP contribution in [0.15, 0.2) is 0 Å². The number of hydrogen-bond acceptors (Lipinski definition) is 2. The van der Waals surface area contributed by atoms with Crippen LogP contribution in [0.1, 0.15) is 12.8 Å². The van der Waals surface area contributed by atoms with Gasteiger partial charge in [0.2, 0.25) is 5.91 Å². The second kappa shape index (κ2) is 4.64. The van der Waals surface area contributed by atoms with Crippen molar-refractivity contribution in [2.45, 2.75) is 18.9 Å². The molecular formula is C5H11NO5. The van der Waals surface area contributed by atoms with Gasteiger partial charge >= 0.3 is 5.97 Å². The van der Waals surface area contributed by atoms with Gasteiger partial charge in [0.05, 0.1) is 0 Å². The van der Waals surface area contributed by atoms with E-state index in [0.29, 0.717) is 12.8 Å². The quantitative estimate of drug-likeness (QED) is 0.453. The van der Waals surface area contributed by atoms with Crippen molar-refractivity contribution in [1.29, 1.82) is 0 Å². The van der Waals surface area contributed by atoms with E-state index in [1.165, 1.54) is 0 Å². The molecule has 0 aromatic carbocycles. The lowest BCUT2D eigenvalue weighted by Gasteiger charge is -1.99. The van der Waals surface area contributed by atoms with Gasteiger partial charge in [0.15, 0.2) is 0 Å². The van der Waals surface area contributed by atoms with Crippen LogP contribution in [-0.4, -0.2) is 34.0 Å². The van der Waals surface area contributed by atoms with Crippen LogP contribution < -0.4 is 5.32 Å². The Morgan fingerprint density at radius 3 is 2.27 bits per heavy atom. The SMILES string of the molecule is O.O.O=C1CCC(C(=O)O)N1. The summed E-state index contributed by atoms with van der Waals surface area (Å²) < 4.78 is 0. The molecule has 1 unspecified atom stereocenters. The Morgan fingerprint density at radius 2 is 2.09 bits per heavy atom. The van der Waals surface area contributed by atoms with Gasteiger partial charge in [-0.15, -0.1) is 0 Å². The van der Waals surface area contributed by atoms with Crippen LogP contribution in [0.25, 0.3) is 0 Å². The molecule has 0 spiro atoms. The predicted octanol–water partition coefficient (Wildman–Crippen LogP) is -2.30. The topological polar surface area (TPSA) is 129 Å². The Bertz CT molecular complexity index is 157. The van der Waals surface area contributed by atoms with Crippen molar-refractivity contribution < 1.29 is 25.6 Å². The maximum Gasteiger partial charge on any atom is 0.326 e. The van der Waals surface area contributed by atoms with Crippen molar-refractivity contribution in [2.24, 2.45) is 0 Å². The molecule has 6 heteroatoms. The van der Waals surface area contributed by atoms with Crippen molar-refractivity contribution in [3.8, 4) is 0 Å². The van der Waals surface area contributed by atoms with E-state index < -0.39 is 12.0 Å². The highest BCUT2D eigenvalue weighted by Gasteiger charge is 2.26. The minimum absolute atomic E-state index is 0. The normalized spacial score (nSPS) is 21.1. The van der Waals surface area contributed by atoms with E-state index in [-0.39, 0.29) is 16.9 Å². The molecule has 0 bridgehead atoms. The number of nitrogens with one attached hydrogen (secondary N) is 1. The van der Waals surface area contributed by atoms with Gasteiger partial charge < -0.3 is 21.4 Å². The minimum atomic E-state index is -0.944. The fourth-order valence-electron chi connectivity index (χ4n) is 0.799. The van der Waals surface area contributed by atoms with Crippen LogP contribution in [0.3, 0.4) is 0 Å². The van der Waals surface area contributed by atoms with Crippen molar-refractivity contribution >= 4 is 11.9 Å². The van der Waals surface area contributed by atoms with Gasteiger partial charge in [-0.1, -0.05) is 0 Å². The van der Waals surface area contributed by atoms with Crippen LogP contribution in [0.4, 0.5) is 0 Å². The summed E-state index contributed by atoms with van der Waals surface area (Å²) in [6.45, 7) is 0. The predicted molar refractivity (Wildman–Crippen MR) is 36.0 cm³/mol. The summed E-state index contributed by atoms with van der Waals surface area (Å²) >= 11 is 0. The number of hydrogen-bond donors (Lipinski definition) is 2. The molecular weight excluding hydrogens is 154 g/mol. The van der Waals surface area contributed by atoms with Gasteiger partial charge in [-0.2, -0.15) is 0 Å². The minimum Gasteiger partial charge on any atom is -0.480 e. The largest absolute Gasteiger partial charge is 0.480 e. The van der Waals surface area contributed by atoms with Crippen molar-refractivity contribution in [1.82, 2.24) is 5.32 Å². The average molecular weight is 165 g/mol. The zero-order valence-electron chi connectivity index (χ0n) is 5.76. The van der Waals surface area contributed by atoms with Gasteiger partial charge in [-0.05, 0) is 6.42 Å². The lowest BCUT2D eigenvalue weighted by atomic mass is 10.2. The summed E-state index contributed by atoms with van der Waals surface area (Å²) in [5, 5.41) is 10.6. The van der Waals surface area contributed by atoms with Crippen LogP contribution in [0.2, 0.25) is 0 Å². The van der Waals surface area contributed by atoms with E-state index >= 15 is 0 Å². The molecule has 1 aliphatic rings. The lowest BCUT2D eigenvalue weighted by Crippen LogP contribution is -2.32.